The first-order valence-electron chi connectivity index (χ1n) is 5.59. The Balaban J connectivity index is 3.97. The predicted octanol–water partition coefficient (Wildman–Crippen LogP) is 0.106. The summed E-state index contributed by atoms with van der Waals surface area (Å²) in [7, 11) is 0. The van der Waals surface area contributed by atoms with Crippen molar-refractivity contribution in [2.24, 2.45) is 11.8 Å². The molecule has 0 radical (unpaired) electrons. The van der Waals surface area contributed by atoms with Crippen LogP contribution in [0.25, 0.3) is 0 Å². The molecule has 0 heterocycles. The van der Waals surface area contributed by atoms with Crippen LogP contribution in [0.5, 0.6) is 0 Å². The highest BCUT2D eigenvalue weighted by atomic mass is 16.4. The van der Waals surface area contributed by atoms with Crippen molar-refractivity contribution in [3.63, 3.8) is 0 Å². The fraction of sp³-hybridized carbons (Fsp3) is 0.818. The first-order chi connectivity index (χ1) is 7.34. The predicted molar refractivity (Wildman–Crippen MR) is 59.6 cm³/mol. The van der Waals surface area contributed by atoms with Gasteiger partial charge >= 0.3 is 6.03 Å². The molecule has 0 aromatic heterocycles. The van der Waals surface area contributed by atoms with Gasteiger partial charge in [0.1, 0.15) is 0 Å². The van der Waals surface area contributed by atoms with Crippen molar-refractivity contribution in [1.82, 2.24) is 10.6 Å². The van der Waals surface area contributed by atoms with Crippen LogP contribution in [0.2, 0.25) is 0 Å². The zero-order valence-corrected chi connectivity index (χ0v) is 10.4. The Morgan fingerprint density at radius 3 is 2.12 bits per heavy atom. The fourth-order valence-corrected chi connectivity index (χ4v) is 1.16. The van der Waals surface area contributed by atoms with E-state index in [-0.39, 0.29) is 5.92 Å². The topological polar surface area (TPSA) is 81.3 Å². The summed E-state index contributed by atoms with van der Waals surface area (Å²) in [4.78, 5) is 22.0. The number of amides is 2. The fourth-order valence-electron chi connectivity index (χ4n) is 1.16. The lowest BCUT2D eigenvalue weighted by Gasteiger charge is -2.23. The maximum Gasteiger partial charge on any atom is 0.315 e. The number of hydrogen-bond acceptors (Lipinski definition) is 3. The monoisotopic (exact) mass is 229 g/mol. The molecule has 0 unspecified atom stereocenters. The van der Waals surface area contributed by atoms with Gasteiger partial charge in [0, 0.05) is 6.54 Å². The Morgan fingerprint density at radius 2 is 1.75 bits per heavy atom. The van der Waals surface area contributed by atoms with E-state index in [1.807, 2.05) is 0 Å². The number of aliphatic carboxylic acids is 1. The van der Waals surface area contributed by atoms with Crippen molar-refractivity contribution in [3.8, 4) is 0 Å². The molecule has 0 aliphatic heterocycles. The zero-order chi connectivity index (χ0) is 12.7. The molecule has 2 N–H and O–H groups in total. The molecule has 0 saturated heterocycles. The molecule has 5 nitrogen and oxygen atoms in total. The highest BCUT2D eigenvalue weighted by Gasteiger charge is 2.16. The maximum atomic E-state index is 11.3. The molecule has 0 aliphatic rings. The van der Waals surface area contributed by atoms with E-state index in [4.69, 9.17) is 0 Å². The first-order valence-corrected chi connectivity index (χ1v) is 5.59. The summed E-state index contributed by atoms with van der Waals surface area (Å²) in [6.07, 6.45) is 0.866. The van der Waals surface area contributed by atoms with Gasteiger partial charge in [-0.3, -0.25) is 0 Å². The van der Waals surface area contributed by atoms with E-state index in [2.05, 4.69) is 24.5 Å². The van der Waals surface area contributed by atoms with E-state index in [1.54, 1.807) is 13.8 Å². The summed E-state index contributed by atoms with van der Waals surface area (Å²) in [5.41, 5.74) is 0. The highest BCUT2D eigenvalue weighted by molar-refractivity contribution is 5.81. The molecular weight excluding hydrogens is 208 g/mol. The molecule has 0 saturated carbocycles. The van der Waals surface area contributed by atoms with E-state index < -0.39 is 18.0 Å². The maximum absolute atomic E-state index is 11.3. The normalized spacial score (nSPS) is 12.6. The van der Waals surface area contributed by atoms with Gasteiger partial charge in [-0.15, -0.1) is 0 Å². The summed E-state index contributed by atoms with van der Waals surface area (Å²) < 4.78 is 0. The Bertz CT molecular complexity index is 239. The third kappa shape index (κ3) is 6.27. The van der Waals surface area contributed by atoms with Gasteiger partial charge in [0.05, 0.1) is 12.0 Å². The summed E-state index contributed by atoms with van der Waals surface area (Å²) >= 11 is 0. The lowest BCUT2D eigenvalue weighted by atomic mass is 10.1. The van der Waals surface area contributed by atoms with Crippen LogP contribution in [0.3, 0.4) is 0 Å². The molecule has 0 spiro atoms. The second-order valence-corrected chi connectivity index (χ2v) is 4.62. The molecule has 0 rings (SSSR count). The van der Waals surface area contributed by atoms with Crippen molar-refractivity contribution in [2.45, 2.75) is 40.2 Å². The van der Waals surface area contributed by atoms with Gasteiger partial charge in [0.2, 0.25) is 0 Å². The van der Waals surface area contributed by atoms with E-state index in [0.29, 0.717) is 12.5 Å². The van der Waals surface area contributed by atoms with Gasteiger partial charge in [0.25, 0.3) is 0 Å². The average Bonchev–Trinajstić information content (AvgIpc) is 2.12. The van der Waals surface area contributed by atoms with Gasteiger partial charge < -0.3 is 20.5 Å². The van der Waals surface area contributed by atoms with E-state index in [1.165, 1.54) is 0 Å². The van der Waals surface area contributed by atoms with Crippen LogP contribution < -0.4 is 15.7 Å². The van der Waals surface area contributed by atoms with Crippen LogP contribution in [0, 0.1) is 11.8 Å². The Labute approximate surface area is 96.6 Å². The Kier molecular flexibility index (Phi) is 6.53. The minimum Gasteiger partial charge on any atom is -0.548 e. The van der Waals surface area contributed by atoms with Gasteiger partial charge in [0.15, 0.2) is 0 Å². The van der Waals surface area contributed by atoms with E-state index in [0.717, 1.165) is 6.42 Å². The van der Waals surface area contributed by atoms with Crippen LogP contribution in [-0.2, 0) is 4.79 Å². The minimum absolute atomic E-state index is 0.194. The first kappa shape index (κ1) is 14.7. The third-order valence-electron chi connectivity index (χ3n) is 2.21. The zero-order valence-electron chi connectivity index (χ0n) is 10.4. The molecular formula is C11H21N2O3-. The van der Waals surface area contributed by atoms with Crippen LogP contribution >= 0.6 is 0 Å². The Hall–Kier alpha value is -1.26. The highest BCUT2D eigenvalue weighted by Crippen LogP contribution is 2.00. The average molecular weight is 229 g/mol. The molecule has 1 atom stereocenters. The Morgan fingerprint density at radius 1 is 1.19 bits per heavy atom. The second kappa shape index (κ2) is 7.09. The molecule has 0 aromatic rings. The van der Waals surface area contributed by atoms with Crippen molar-refractivity contribution in [2.75, 3.05) is 6.54 Å². The van der Waals surface area contributed by atoms with Crippen molar-refractivity contribution in [1.29, 1.82) is 0 Å². The summed E-state index contributed by atoms with van der Waals surface area (Å²) in [5.74, 6) is -0.947. The van der Waals surface area contributed by atoms with Gasteiger partial charge in [-0.2, -0.15) is 0 Å². The molecule has 2 amide bonds. The van der Waals surface area contributed by atoms with Gasteiger partial charge in [-0.25, -0.2) is 4.79 Å². The van der Waals surface area contributed by atoms with Crippen LogP contribution in [0.15, 0.2) is 0 Å². The molecule has 0 aromatic carbocycles. The number of carbonyl (C=O) groups excluding carboxylic acids is 2. The molecule has 5 heteroatoms. The van der Waals surface area contributed by atoms with Crippen molar-refractivity contribution in [3.05, 3.63) is 0 Å². The number of nitrogens with one attached hydrogen (secondary N) is 2. The molecule has 0 aliphatic carbocycles. The van der Waals surface area contributed by atoms with Crippen LogP contribution in [0.4, 0.5) is 4.79 Å². The molecule has 0 bridgehead atoms. The summed E-state index contributed by atoms with van der Waals surface area (Å²) in [6.45, 7) is 8.08. The van der Waals surface area contributed by atoms with Gasteiger partial charge in [-0.1, -0.05) is 27.7 Å². The molecule has 0 fully saturated rings. The standard InChI is InChI=1S/C11H22N2O3/c1-7(2)5-6-12-11(16)13-9(8(3)4)10(14)15/h7-9H,5-6H2,1-4H3,(H,14,15)(H2,12,13,16)/p-1/t9-/m0/s1. The lowest BCUT2D eigenvalue weighted by Crippen LogP contribution is -2.53. The smallest absolute Gasteiger partial charge is 0.315 e. The SMILES string of the molecule is CC(C)CCNC(=O)N[C@H](C(=O)[O-])C(C)C. The van der Waals surface area contributed by atoms with E-state index >= 15 is 0 Å². The number of urea groups is 1. The van der Waals surface area contributed by atoms with E-state index in [9.17, 15) is 14.7 Å². The largest absolute Gasteiger partial charge is 0.548 e. The van der Waals surface area contributed by atoms with Gasteiger partial charge in [-0.05, 0) is 18.3 Å². The van der Waals surface area contributed by atoms with Crippen molar-refractivity contribution >= 4 is 12.0 Å². The van der Waals surface area contributed by atoms with Crippen molar-refractivity contribution < 1.29 is 14.7 Å². The lowest BCUT2D eigenvalue weighted by molar-refractivity contribution is -0.309. The number of carbonyl (C=O) groups is 2. The summed E-state index contributed by atoms with van der Waals surface area (Å²) in [6, 6.07) is -1.40. The number of rotatable bonds is 6. The van der Waals surface area contributed by atoms with Crippen LogP contribution in [-0.4, -0.2) is 24.6 Å². The number of carboxylic acid groups (broad SMARTS) is 1. The quantitative estimate of drug-likeness (QED) is 0.678. The van der Waals surface area contributed by atoms with Crippen LogP contribution in [0.1, 0.15) is 34.1 Å². The number of hydrogen-bond donors (Lipinski definition) is 2. The summed E-state index contributed by atoms with van der Waals surface area (Å²) in [5, 5.41) is 15.7. The number of carboxylic acids is 1. The molecule has 16 heavy (non-hydrogen) atoms. The minimum atomic E-state index is -1.26. The molecule has 94 valence electrons. The second-order valence-electron chi connectivity index (χ2n) is 4.62. The third-order valence-corrected chi connectivity index (χ3v) is 2.21.